The number of thiophene rings is 1. The van der Waals surface area contributed by atoms with E-state index in [2.05, 4.69) is 10.6 Å². The number of carbonyl (C=O) groups is 2. The molecule has 2 N–H and O–H groups in total. The van der Waals surface area contributed by atoms with Crippen molar-refractivity contribution in [3.63, 3.8) is 0 Å². The van der Waals surface area contributed by atoms with Gasteiger partial charge in [0.15, 0.2) is 11.5 Å². The molecule has 3 rings (SSSR count). The number of rotatable bonds is 5. The van der Waals surface area contributed by atoms with Crippen molar-refractivity contribution < 1.29 is 19.1 Å². The van der Waals surface area contributed by atoms with Gasteiger partial charge in [0.1, 0.15) is 6.04 Å². The summed E-state index contributed by atoms with van der Waals surface area (Å²) < 4.78 is 10.6. The van der Waals surface area contributed by atoms with E-state index in [1.54, 1.807) is 19.1 Å². The van der Waals surface area contributed by atoms with Crippen molar-refractivity contribution in [1.29, 1.82) is 0 Å². The second-order valence-electron chi connectivity index (χ2n) is 5.52. The largest absolute Gasteiger partial charge is 0.454 e. The summed E-state index contributed by atoms with van der Waals surface area (Å²) in [6, 6.07) is 8.23. The molecule has 0 fully saturated rings. The quantitative estimate of drug-likeness (QED) is 0.872. The van der Waals surface area contributed by atoms with E-state index in [1.807, 2.05) is 30.5 Å². The molecule has 0 aliphatic carbocycles. The van der Waals surface area contributed by atoms with Crippen LogP contribution in [0.15, 0.2) is 35.7 Å². The molecule has 1 aliphatic heterocycles. The summed E-state index contributed by atoms with van der Waals surface area (Å²) in [7, 11) is 0. The lowest BCUT2D eigenvalue weighted by molar-refractivity contribution is -0.123. The molecule has 2 atom stereocenters. The lowest BCUT2D eigenvalue weighted by atomic mass is 10.1. The maximum atomic E-state index is 12.3. The fourth-order valence-corrected chi connectivity index (χ4v) is 2.97. The molecule has 0 bridgehead atoms. The standard InChI is InChI=1S/C17H18N2O4S/c1-10(12-5-6-13-14(8-12)23-9-22-13)18-16(20)11(2)19-17(21)15-4-3-7-24-15/h3-8,10-11H,9H2,1-2H3,(H,18,20)(H,19,21). The molecule has 126 valence electrons. The van der Waals surface area contributed by atoms with Gasteiger partial charge in [-0.1, -0.05) is 12.1 Å². The van der Waals surface area contributed by atoms with Gasteiger partial charge in [0.2, 0.25) is 12.7 Å². The van der Waals surface area contributed by atoms with Crippen molar-refractivity contribution in [3.8, 4) is 11.5 Å². The Labute approximate surface area is 143 Å². The zero-order valence-corrected chi connectivity index (χ0v) is 14.2. The van der Waals surface area contributed by atoms with E-state index in [-0.39, 0.29) is 24.6 Å². The highest BCUT2D eigenvalue weighted by molar-refractivity contribution is 7.12. The van der Waals surface area contributed by atoms with E-state index in [9.17, 15) is 9.59 Å². The van der Waals surface area contributed by atoms with Gasteiger partial charge in [-0.15, -0.1) is 11.3 Å². The highest BCUT2D eigenvalue weighted by Crippen LogP contribution is 2.34. The summed E-state index contributed by atoms with van der Waals surface area (Å²) in [5.41, 5.74) is 0.907. The Bertz CT molecular complexity index is 745. The van der Waals surface area contributed by atoms with Crippen LogP contribution in [-0.4, -0.2) is 24.6 Å². The number of fused-ring (bicyclic) bond motifs is 1. The Kier molecular flexibility index (Phi) is 4.71. The van der Waals surface area contributed by atoms with Crippen molar-refractivity contribution in [3.05, 3.63) is 46.2 Å². The second kappa shape index (κ2) is 6.92. The molecule has 6 nitrogen and oxygen atoms in total. The zero-order valence-electron chi connectivity index (χ0n) is 13.4. The van der Waals surface area contributed by atoms with Crippen LogP contribution in [0, 0.1) is 0 Å². The summed E-state index contributed by atoms with van der Waals surface area (Å²) in [4.78, 5) is 24.9. The number of benzene rings is 1. The fraction of sp³-hybridized carbons (Fsp3) is 0.294. The first-order valence-corrected chi connectivity index (χ1v) is 8.47. The van der Waals surface area contributed by atoms with Crippen LogP contribution in [0.3, 0.4) is 0 Å². The maximum absolute atomic E-state index is 12.3. The molecule has 0 saturated heterocycles. The van der Waals surface area contributed by atoms with Crippen LogP contribution in [0.2, 0.25) is 0 Å². The predicted octanol–water partition coefficient (Wildman–Crippen LogP) is 2.47. The van der Waals surface area contributed by atoms with Gasteiger partial charge < -0.3 is 20.1 Å². The smallest absolute Gasteiger partial charge is 0.261 e. The van der Waals surface area contributed by atoms with Crippen LogP contribution in [0.25, 0.3) is 0 Å². The fourth-order valence-electron chi connectivity index (χ4n) is 2.35. The molecule has 2 aromatic rings. The summed E-state index contributed by atoms with van der Waals surface area (Å²) in [5, 5.41) is 7.41. The first kappa shape index (κ1) is 16.3. The van der Waals surface area contributed by atoms with Crippen molar-refractivity contribution in [2.24, 2.45) is 0 Å². The average molecular weight is 346 g/mol. The van der Waals surface area contributed by atoms with Gasteiger partial charge in [0, 0.05) is 0 Å². The molecular formula is C17H18N2O4S. The maximum Gasteiger partial charge on any atom is 0.261 e. The lowest BCUT2D eigenvalue weighted by Crippen LogP contribution is -2.45. The summed E-state index contributed by atoms with van der Waals surface area (Å²) in [5.74, 6) is 0.884. The van der Waals surface area contributed by atoms with Gasteiger partial charge >= 0.3 is 0 Å². The summed E-state index contributed by atoms with van der Waals surface area (Å²) in [6.07, 6.45) is 0. The van der Waals surface area contributed by atoms with Gasteiger partial charge in [-0.25, -0.2) is 0 Å². The van der Waals surface area contributed by atoms with Gasteiger partial charge in [-0.3, -0.25) is 9.59 Å². The van der Waals surface area contributed by atoms with Crippen LogP contribution in [0.4, 0.5) is 0 Å². The highest BCUT2D eigenvalue weighted by atomic mass is 32.1. The van der Waals surface area contributed by atoms with Crippen molar-refractivity contribution >= 4 is 23.2 Å². The monoisotopic (exact) mass is 346 g/mol. The van der Waals surface area contributed by atoms with Crippen molar-refractivity contribution in [1.82, 2.24) is 10.6 Å². The van der Waals surface area contributed by atoms with Gasteiger partial charge in [0.05, 0.1) is 10.9 Å². The topological polar surface area (TPSA) is 76.7 Å². The Morgan fingerprint density at radius 2 is 1.92 bits per heavy atom. The van der Waals surface area contributed by atoms with Crippen LogP contribution in [0.5, 0.6) is 11.5 Å². The molecule has 24 heavy (non-hydrogen) atoms. The molecule has 1 aliphatic rings. The number of hydrogen-bond acceptors (Lipinski definition) is 5. The van der Waals surface area contributed by atoms with E-state index >= 15 is 0 Å². The molecule has 2 heterocycles. The van der Waals surface area contributed by atoms with Crippen molar-refractivity contribution in [2.75, 3.05) is 6.79 Å². The van der Waals surface area contributed by atoms with Gasteiger partial charge in [-0.2, -0.15) is 0 Å². The minimum Gasteiger partial charge on any atom is -0.454 e. The number of hydrogen-bond donors (Lipinski definition) is 2. The van der Waals surface area contributed by atoms with Crippen LogP contribution in [0.1, 0.15) is 35.1 Å². The van der Waals surface area contributed by atoms with Crippen LogP contribution < -0.4 is 20.1 Å². The Balaban J connectivity index is 1.58. The first-order chi connectivity index (χ1) is 11.5. The lowest BCUT2D eigenvalue weighted by Gasteiger charge is -2.19. The molecular weight excluding hydrogens is 328 g/mol. The second-order valence-corrected chi connectivity index (χ2v) is 6.46. The van der Waals surface area contributed by atoms with E-state index in [0.717, 1.165) is 5.56 Å². The minimum absolute atomic E-state index is 0.214. The molecule has 1 aromatic carbocycles. The number of amides is 2. The molecule has 0 spiro atoms. The van der Waals surface area contributed by atoms with Gasteiger partial charge in [0.25, 0.3) is 5.91 Å². The van der Waals surface area contributed by atoms with Crippen LogP contribution in [-0.2, 0) is 4.79 Å². The number of carbonyl (C=O) groups excluding carboxylic acids is 2. The average Bonchev–Trinajstić information content (AvgIpc) is 3.25. The molecule has 0 radical (unpaired) electrons. The minimum atomic E-state index is -0.629. The van der Waals surface area contributed by atoms with Crippen LogP contribution >= 0.6 is 11.3 Å². The third-order valence-electron chi connectivity index (χ3n) is 3.74. The Morgan fingerprint density at radius 1 is 1.12 bits per heavy atom. The van der Waals surface area contributed by atoms with E-state index in [4.69, 9.17) is 9.47 Å². The predicted molar refractivity (Wildman–Crippen MR) is 90.4 cm³/mol. The zero-order chi connectivity index (χ0) is 17.1. The Hall–Kier alpha value is -2.54. The summed E-state index contributed by atoms with van der Waals surface area (Å²) in [6.45, 7) is 3.75. The number of nitrogens with one attached hydrogen (secondary N) is 2. The Morgan fingerprint density at radius 3 is 2.67 bits per heavy atom. The SMILES string of the molecule is CC(NC(=O)c1cccs1)C(=O)NC(C)c1ccc2c(c1)OCO2. The first-order valence-electron chi connectivity index (χ1n) is 7.59. The van der Waals surface area contributed by atoms with E-state index < -0.39 is 6.04 Å². The molecule has 1 aromatic heterocycles. The molecule has 2 amide bonds. The van der Waals surface area contributed by atoms with E-state index in [1.165, 1.54) is 11.3 Å². The highest BCUT2D eigenvalue weighted by Gasteiger charge is 2.21. The van der Waals surface area contributed by atoms with E-state index in [0.29, 0.717) is 16.4 Å². The van der Waals surface area contributed by atoms with Crippen molar-refractivity contribution in [2.45, 2.75) is 25.9 Å². The summed E-state index contributed by atoms with van der Waals surface area (Å²) >= 11 is 1.34. The molecule has 0 saturated carbocycles. The van der Waals surface area contributed by atoms with Gasteiger partial charge in [-0.05, 0) is 43.0 Å². The normalized spacial score (nSPS) is 14.8. The number of ether oxygens (including phenoxy) is 2. The third kappa shape index (κ3) is 3.51. The molecule has 7 heteroatoms. The third-order valence-corrected chi connectivity index (χ3v) is 4.61. The molecule has 2 unspecified atom stereocenters.